The number of nitrogens with one attached hydrogen (secondary N) is 1. The van der Waals surface area contributed by atoms with Gasteiger partial charge in [0, 0.05) is 30.1 Å². The number of hydrogen-bond acceptors (Lipinski definition) is 3. The Hall–Kier alpha value is -0.490. The maximum absolute atomic E-state index is 13.4. The van der Waals surface area contributed by atoms with Crippen molar-refractivity contribution < 1.29 is 9.50 Å². The van der Waals surface area contributed by atoms with Gasteiger partial charge in [0.15, 0.2) is 0 Å². The van der Waals surface area contributed by atoms with Crippen LogP contribution in [0.15, 0.2) is 22.7 Å². The van der Waals surface area contributed by atoms with E-state index in [1.54, 1.807) is 6.07 Å². The molecule has 1 aromatic carbocycles. The molecule has 1 aliphatic rings. The van der Waals surface area contributed by atoms with Gasteiger partial charge < -0.3 is 10.4 Å². The highest BCUT2D eigenvalue weighted by Crippen LogP contribution is 2.17. The molecule has 0 bridgehead atoms. The van der Waals surface area contributed by atoms with Gasteiger partial charge in [-0.25, -0.2) is 4.39 Å². The van der Waals surface area contributed by atoms with Crippen LogP contribution in [0.5, 0.6) is 0 Å². The Labute approximate surface area is 121 Å². The molecule has 0 radical (unpaired) electrons. The van der Waals surface area contributed by atoms with Gasteiger partial charge in [0.05, 0.1) is 6.61 Å². The van der Waals surface area contributed by atoms with Crippen molar-refractivity contribution in [2.45, 2.75) is 25.4 Å². The fourth-order valence-electron chi connectivity index (χ4n) is 2.56. The van der Waals surface area contributed by atoms with Gasteiger partial charge in [-0.1, -0.05) is 15.9 Å². The number of halogens is 2. The number of nitrogens with zero attached hydrogens (tertiary/aromatic N) is 1. The minimum absolute atomic E-state index is 0.128. The largest absolute Gasteiger partial charge is 0.395 e. The molecule has 1 fully saturated rings. The van der Waals surface area contributed by atoms with Crippen LogP contribution >= 0.6 is 15.9 Å². The third kappa shape index (κ3) is 4.84. The van der Waals surface area contributed by atoms with E-state index in [0.717, 1.165) is 23.1 Å². The van der Waals surface area contributed by atoms with Crippen LogP contribution < -0.4 is 5.32 Å². The third-order valence-corrected chi connectivity index (χ3v) is 3.84. The fourth-order valence-corrected chi connectivity index (χ4v) is 3.07. The Kier molecular flexibility index (Phi) is 5.76. The summed E-state index contributed by atoms with van der Waals surface area (Å²) in [5.41, 5.74) is 0.929. The van der Waals surface area contributed by atoms with E-state index in [1.165, 1.54) is 18.9 Å². The topological polar surface area (TPSA) is 35.5 Å². The molecule has 1 heterocycles. The van der Waals surface area contributed by atoms with Crippen molar-refractivity contribution >= 4 is 15.9 Å². The summed E-state index contributed by atoms with van der Waals surface area (Å²) >= 11 is 3.31. The highest BCUT2D eigenvalue weighted by molar-refractivity contribution is 9.10. The Morgan fingerprint density at radius 3 is 2.89 bits per heavy atom. The molecular formula is C14H20BrFN2O. The zero-order valence-corrected chi connectivity index (χ0v) is 12.5. The number of hydrogen-bond donors (Lipinski definition) is 2. The second kappa shape index (κ2) is 7.33. The molecule has 1 saturated heterocycles. The van der Waals surface area contributed by atoms with Gasteiger partial charge in [-0.15, -0.1) is 0 Å². The standard InChI is InChI=1S/C14H20BrFN2O/c15-12-6-11(7-13(16)8-12)9-18(4-5-19)10-14-2-1-3-17-14/h6-8,14,17,19H,1-5,9-10H2. The first kappa shape index (κ1) is 14.9. The van der Waals surface area contributed by atoms with Crippen molar-refractivity contribution in [2.75, 3.05) is 26.2 Å². The summed E-state index contributed by atoms with van der Waals surface area (Å²) in [6, 6.07) is 5.43. The third-order valence-electron chi connectivity index (χ3n) is 3.39. The molecule has 19 heavy (non-hydrogen) atoms. The van der Waals surface area contributed by atoms with Crippen LogP contribution in [0.1, 0.15) is 18.4 Å². The molecular weight excluding hydrogens is 311 g/mol. The number of rotatable bonds is 6. The van der Waals surface area contributed by atoms with Gasteiger partial charge in [0.25, 0.3) is 0 Å². The summed E-state index contributed by atoms with van der Waals surface area (Å²) in [6.45, 7) is 3.38. The first-order chi connectivity index (χ1) is 9.17. The molecule has 0 saturated carbocycles. The van der Waals surface area contributed by atoms with Gasteiger partial charge in [-0.05, 0) is 43.1 Å². The lowest BCUT2D eigenvalue weighted by Gasteiger charge is -2.25. The lowest BCUT2D eigenvalue weighted by atomic mass is 10.1. The Morgan fingerprint density at radius 1 is 1.42 bits per heavy atom. The van der Waals surface area contributed by atoms with Crippen LogP contribution in [-0.2, 0) is 6.54 Å². The van der Waals surface area contributed by atoms with Crippen LogP contribution in [0.3, 0.4) is 0 Å². The Bertz CT molecular complexity index is 390. The van der Waals surface area contributed by atoms with Crippen molar-refractivity contribution in [3.8, 4) is 0 Å². The summed E-state index contributed by atoms with van der Waals surface area (Å²) in [5, 5.41) is 12.6. The van der Waals surface area contributed by atoms with E-state index in [1.807, 2.05) is 6.07 Å². The van der Waals surface area contributed by atoms with Gasteiger partial charge in [-0.3, -0.25) is 4.90 Å². The molecule has 1 unspecified atom stereocenters. The van der Waals surface area contributed by atoms with Crippen LogP contribution in [0.4, 0.5) is 4.39 Å². The van der Waals surface area contributed by atoms with Crippen LogP contribution in [0.25, 0.3) is 0 Å². The van der Waals surface area contributed by atoms with Gasteiger partial charge in [-0.2, -0.15) is 0 Å². The van der Waals surface area contributed by atoms with Crippen molar-refractivity contribution in [3.63, 3.8) is 0 Å². The molecule has 1 atom stereocenters. The molecule has 0 aromatic heterocycles. The highest BCUT2D eigenvalue weighted by Gasteiger charge is 2.18. The monoisotopic (exact) mass is 330 g/mol. The first-order valence-electron chi connectivity index (χ1n) is 6.69. The average Bonchev–Trinajstić information content (AvgIpc) is 2.80. The van der Waals surface area contributed by atoms with E-state index in [9.17, 15) is 4.39 Å². The fraction of sp³-hybridized carbons (Fsp3) is 0.571. The van der Waals surface area contributed by atoms with Crippen molar-refractivity contribution in [1.82, 2.24) is 10.2 Å². The minimum Gasteiger partial charge on any atom is -0.395 e. The maximum Gasteiger partial charge on any atom is 0.124 e. The molecule has 1 aliphatic heterocycles. The molecule has 0 aliphatic carbocycles. The van der Waals surface area contributed by atoms with Crippen LogP contribution in [0.2, 0.25) is 0 Å². The number of benzene rings is 1. The second-order valence-corrected chi connectivity index (χ2v) is 5.95. The smallest absolute Gasteiger partial charge is 0.124 e. The summed E-state index contributed by atoms with van der Waals surface area (Å²) in [4.78, 5) is 2.17. The van der Waals surface area contributed by atoms with E-state index in [4.69, 9.17) is 5.11 Å². The quantitative estimate of drug-likeness (QED) is 0.838. The SMILES string of the molecule is OCCN(Cc1cc(F)cc(Br)c1)CC1CCCN1. The molecule has 0 amide bonds. The minimum atomic E-state index is -0.229. The molecule has 106 valence electrons. The number of aliphatic hydroxyl groups is 1. The molecule has 3 nitrogen and oxygen atoms in total. The maximum atomic E-state index is 13.4. The first-order valence-corrected chi connectivity index (χ1v) is 7.48. The van der Waals surface area contributed by atoms with Gasteiger partial charge in [0.1, 0.15) is 5.82 Å². The zero-order chi connectivity index (χ0) is 13.7. The van der Waals surface area contributed by atoms with Crippen LogP contribution in [0, 0.1) is 5.82 Å². The summed E-state index contributed by atoms with van der Waals surface area (Å²) < 4.78 is 14.1. The second-order valence-electron chi connectivity index (χ2n) is 5.03. The van der Waals surface area contributed by atoms with Gasteiger partial charge >= 0.3 is 0 Å². The Morgan fingerprint density at radius 2 is 2.26 bits per heavy atom. The van der Waals surface area contributed by atoms with Gasteiger partial charge in [0.2, 0.25) is 0 Å². The van der Waals surface area contributed by atoms with E-state index < -0.39 is 0 Å². The highest BCUT2D eigenvalue weighted by atomic mass is 79.9. The number of aliphatic hydroxyl groups excluding tert-OH is 1. The lowest BCUT2D eigenvalue weighted by molar-refractivity contribution is 0.179. The van der Waals surface area contributed by atoms with E-state index in [0.29, 0.717) is 19.1 Å². The van der Waals surface area contributed by atoms with Crippen molar-refractivity contribution in [2.24, 2.45) is 0 Å². The molecule has 2 rings (SSSR count). The zero-order valence-electron chi connectivity index (χ0n) is 10.9. The average molecular weight is 331 g/mol. The predicted octanol–water partition coefficient (Wildman–Crippen LogP) is 2.13. The summed E-state index contributed by atoms with van der Waals surface area (Å²) in [6.07, 6.45) is 2.39. The van der Waals surface area contributed by atoms with E-state index >= 15 is 0 Å². The van der Waals surface area contributed by atoms with E-state index in [2.05, 4.69) is 26.1 Å². The molecule has 1 aromatic rings. The summed E-state index contributed by atoms with van der Waals surface area (Å²) in [7, 11) is 0. The van der Waals surface area contributed by atoms with Crippen molar-refractivity contribution in [1.29, 1.82) is 0 Å². The predicted molar refractivity (Wildman–Crippen MR) is 77.5 cm³/mol. The molecule has 5 heteroatoms. The lowest BCUT2D eigenvalue weighted by Crippen LogP contribution is -2.38. The Balaban J connectivity index is 1.98. The molecule has 2 N–H and O–H groups in total. The normalized spacial score (nSPS) is 19.3. The van der Waals surface area contributed by atoms with Crippen molar-refractivity contribution in [3.05, 3.63) is 34.1 Å². The molecule has 0 spiro atoms. The van der Waals surface area contributed by atoms with Crippen LogP contribution in [-0.4, -0.2) is 42.3 Å². The van der Waals surface area contributed by atoms with E-state index in [-0.39, 0.29) is 12.4 Å². The summed E-state index contributed by atoms with van der Waals surface area (Å²) in [5.74, 6) is -0.229.